The highest BCUT2D eigenvalue weighted by molar-refractivity contribution is 6.04. The van der Waals surface area contributed by atoms with E-state index in [1.807, 2.05) is 38.2 Å². The van der Waals surface area contributed by atoms with Gasteiger partial charge in [-0.05, 0) is 51.3 Å². The molecule has 2 heterocycles. The van der Waals surface area contributed by atoms with E-state index in [2.05, 4.69) is 25.0 Å². The van der Waals surface area contributed by atoms with Crippen molar-refractivity contribution in [1.29, 1.82) is 0 Å². The first kappa shape index (κ1) is 17.7. The van der Waals surface area contributed by atoms with Gasteiger partial charge in [0.25, 0.3) is 0 Å². The average Bonchev–Trinajstić information content (AvgIpc) is 2.63. The maximum atomic E-state index is 13.4. The lowest BCUT2D eigenvalue weighted by molar-refractivity contribution is 0.0835. The number of aromatic nitrogens is 1. The van der Waals surface area contributed by atoms with Crippen LogP contribution in [0, 0.1) is 0 Å². The lowest BCUT2D eigenvalue weighted by Gasteiger charge is -2.35. The Morgan fingerprint density at radius 1 is 1.30 bits per heavy atom. The number of rotatable bonds is 2. The second kappa shape index (κ2) is 5.88. The predicted octanol–water partition coefficient (Wildman–Crippen LogP) is 4.84. The molecule has 1 aliphatic heterocycles. The Morgan fingerprint density at radius 3 is 2.67 bits per heavy atom. The van der Waals surface area contributed by atoms with Crippen LogP contribution in [-0.4, -0.2) is 17.3 Å². The Hall–Kier alpha value is -2.75. The van der Waals surface area contributed by atoms with E-state index in [1.54, 1.807) is 7.11 Å². The van der Waals surface area contributed by atoms with Crippen LogP contribution in [0.3, 0.4) is 0 Å². The molecule has 1 aliphatic rings. The standard InChI is InChI=1S/C23H25NO3/c1-13(2)17-19-18(20(25)14-9-7-8-10-16(14)24(19)5)21(26-6)15-11-12-23(3,4)27-22(15)17/h7-10H,1,11-12H2,2-6H3. The van der Waals surface area contributed by atoms with Gasteiger partial charge >= 0.3 is 0 Å². The average molecular weight is 363 g/mol. The van der Waals surface area contributed by atoms with Crippen LogP contribution >= 0.6 is 0 Å². The number of aryl methyl sites for hydroxylation is 1. The highest BCUT2D eigenvalue weighted by atomic mass is 16.5. The van der Waals surface area contributed by atoms with Crippen molar-refractivity contribution in [1.82, 2.24) is 4.57 Å². The Kier molecular flexibility index (Phi) is 3.84. The van der Waals surface area contributed by atoms with Gasteiger partial charge in [0.15, 0.2) is 0 Å². The van der Waals surface area contributed by atoms with Gasteiger partial charge in [-0.15, -0.1) is 0 Å². The molecule has 0 aliphatic carbocycles. The van der Waals surface area contributed by atoms with Crippen molar-refractivity contribution in [2.24, 2.45) is 7.05 Å². The zero-order chi connectivity index (χ0) is 19.5. The Labute approximate surface area is 159 Å². The van der Waals surface area contributed by atoms with Gasteiger partial charge in [-0.25, -0.2) is 0 Å². The summed E-state index contributed by atoms with van der Waals surface area (Å²) in [5.74, 6) is 1.43. The van der Waals surface area contributed by atoms with E-state index in [9.17, 15) is 4.79 Å². The number of methoxy groups -OCH3 is 1. The summed E-state index contributed by atoms with van der Waals surface area (Å²) in [6, 6.07) is 7.68. The van der Waals surface area contributed by atoms with Crippen molar-refractivity contribution < 1.29 is 9.47 Å². The molecule has 0 bridgehead atoms. The molecule has 0 spiro atoms. The summed E-state index contributed by atoms with van der Waals surface area (Å²) in [6.45, 7) is 10.3. The second-order valence-electron chi connectivity index (χ2n) is 7.99. The molecule has 27 heavy (non-hydrogen) atoms. The molecule has 0 N–H and O–H groups in total. The van der Waals surface area contributed by atoms with Crippen molar-refractivity contribution in [3.63, 3.8) is 0 Å². The molecule has 0 saturated heterocycles. The molecular formula is C23H25NO3. The lowest BCUT2D eigenvalue weighted by atomic mass is 9.88. The van der Waals surface area contributed by atoms with Crippen LogP contribution in [0.15, 0.2) is 35.6 Å². The summed E-state index contributed by atoms with van der Waals surface area (Å²) < 4.78 is 14.3. The van der Waals surface area contributed by atoms with E-state index >= 15 is 0 Å². The van der Waals surface area contributed by atoms with Gasteiger partial charge in [0.1, 0.15) is 17.1 Å². The minimum Gasteiger partial charge on any atom is -0.495 e. The minimum atomic E-state index is -0.272. The first-order valence-corrected chi connectivity index (χ1v) is 9.26. The number of hydrogen-bond donors (Lipinski definition) is 0. The van der Waals surface area contributed by atoms with E-state index in [1.165, 1.54) is 0 Å². The number of hydrogen-bond acceptors (Lipinski definition) is 3. The van der Waals surface area contributed by atoms with Crippen LogP contribution < -0.4 is 14.9 Å². The molecule has 0 radical (unpaired) electrons. The Balaban J connectivity index is 2.32. The fourth-order valence-electron chi connectivity index (χ4n) is 4.22. The number of ether oxygens (including phenoxy) is 2. The van der Waals surface area contributed by atoms with Crippen LogP contribution in [0.5, 0.6) is 11.5 Å². The first-order valence-electron chi connectivity index (χ1n) is 9.26. The van der Waals surface area contributed by atoms with Crippen LogP contribution in [0.2, 0.25) is 0 Å². The lowest BCUT2D eigenvalue weighted by Crippen LogP contribution is -2.33. The van der Waals surface area contributed by atoms with Crippen molar-refractivity contribution in [3.05, 3.63) is 52.2 Å². The van der Waals surface area contributed by atoms with Crippen molar-refractivity contribution >= 4 is 27.4 Å². The van der Waals surface area contributed by atoms with Crippen LogP contribution in [0.25, 0.3) is 27.4 Å². The number of allylic oxidation sites excluding steroid dienone is 1. The summed E-state index contributed by atoms with van der Waals surface area (Å²) >= 11 is 0. The molecule has 0 saturated carbocycles. The predicted molar refractivity (Wildman–Crippen MR) is 111 cm³/mol. The number of para-hydroxylation sites is 1. The van der Waals surface area contributed by atoms with Gasteiger partial charge < -0.3 is 14.0 Å². The third-order valence-electron chi connectivity index (χ3n) is 5.53. The SMILES string of the molecule is C=C(C)c1c2c(c(OC)c3c(=O)c4ccccc4n(C)c13)CCC(C)(C)O2. The van der Waals surface area contributed by atoms with Gasteiger partial charge in [0.05, 0.1) is 23.5 Å². The largest absolute Gasteiger partial charge is 0.495 e. The van der Waals surface area contributed by atoms with Crippen LogP contribution in [0.1, 0.15) is 38.3 Å². The topological polar surface area (TPSA) is 40.5 Å². The maximum absolute atomic E-state index is 13.4. The second-order valence-corrected chi connectivity index (χ2v) is 7.99. The van der Waals surface area contributed by atoms with E-state index in [0.29, 0.717) is 16.5 Å². The van der Waals surface area contributed by atoms with Crippen LogP contribution in [0.4, 0.5) is 0 Å². The van der Waals surface area contributed by atoms with Crippen LogP contribution in [-0.2, 0) is 13.5 Å². The molecule has 3 aromatic rings. The zero-order valence-electron chi connectivity index (χ0n) is 16.6. The minimum absolute atomic E-state index is 0.00863. The van der Waals surface area contributed by atoms with Crippen molar-refractivity contribution in [2.45, 2.75) is 39.2 Å². The van der Waals surface area contributed by atoms with Crippen molar-refractivity contribution in [2.75, 3.05) is 7.11 Å². The number of pyridine rings is 1. The molecular weight excluding hydrogens is 338 g/mol. The summed E-state index contributed by atoms with van der Waals surface area (Å²) in [6.07, 6.45) is 1.67. The number of nitrogens with zero attached hydrogens (tertiary/aromatic N) is 1. The molecule has 4 nitrogen and oxygen atoms in total. The van der Waals surface area contributed by atoms with Gasteiger partial charge in [0.2, 0.25) is 5.43 Å². The monoisotopic (exact) mass is 363 g/mol. The zero-order valence-corrected chi connectivity index (χ0v) is 16.6. The number of benzene rings is 2. The van der Waals surface area contributed by atoms with Gasteiger partial charge in [-0.1, -0.05) is 18.7 Å². The molecule has 0 unspecified atom stereocenters. The molecule has 4 rings (SSSR count). The number of fused-ring (bicyclic) bond motifs is 3. The molecule has 4 heteroatoms. The quantitative estimate of drug-likeness (QED) is 0.612. The van der Waals surface area contributed by atoms with E-state index in [4.69, 9.17) is 9.47 Å². The smallest absolute Gasteiger partial charge is 0.201 e. The first-order chi connectivity index (χ1) is 12.8. The molecule has 140 valence electrons. The van der Waals surface area contributed by atoms with E-state index in [0.717, 1.165) is 46.3 Å². The van der Waals surface area contributed by atoms with Crippen molar-refractivity contribution in [3.8, 4) is 11.5 Å². The third kappa shape index (κ3) is 2.47. The molecule has 0 amide bonds. The van der Waals surface area contributed by atoms with E-state index in [-0.39, 0.29) is 11.0 Å². The highest BCUT2D eigenvalue weighted by Gasteiger charge is 2.34. The van der Waals surface area contributed by atoms with Gasteiger partial charge in [0, 0.05) is 23.6 Å². The Bertz CT molecular complexity index is 1170. The molecule has 0 atom stereocenters. The third-order valence-corrected chi connectivity index (χ3v) is 5.53. The highest BCUT2D eigenvalue weighted by Crippen LogP contribution is 2.47. The molecule has 0 fully saturated rings. The summed E-state index contributed by atoms with van der Waals surface area (Å²) in [4.78, 5) is 13.4. The molecule has 2 aromatic carbocycles. The fourth-order valence-corrected chi connectivity index (χ4v) is 4.22. The Morgan fingerprint density at radius 2 is 2.00 bits per heavy atom. The fraction of sp³-hybridized carbons (Fsp3) is 0.348. The summed E-state index contributed by atoms with van der Waals surface area (Å²) in [5.41, 5.74) is 4.17. The summed E-state index contributed by atoms with van der Waals surface area (Å²) in [5, 5.41) is 1.30. The normalized spacial score (nSPS) is 15.4. The van der Waals surface area contributed by atoms with Gasteiger partial charge in [-0.3, -0.25) is 4.79 Å². The van der Waals surface area contributed by atoms with Gasteiger partial charge in [-0.2, -0.15) is 0 Å². The maximum Gasteiger partial charge on any atom is 0.201 e. The summed E-state index contributed by atoms with van der Waals surface area (Å²) in [7, 11) is 3.61. The van der Waals surface area contributed by atoms with E-state index < -0.39 is 0 Å². The molecule has 1 aromatic heterocycles.